The van der Waals surface area contributed by atoms with Gasteiger partial charge in [-0.1, -0.05) is 57.9 Å². The lowest BCUT2D eigenvalue weighted by Gasteiger charge is -2.10. The van der Waals surface area contributed by atoms with Crippen molar-refractivity contribution < 1.29 is 4.74 Å². The molecule has 0 saturated heterocycles. The Bertz CT molecular complexity index is 323. The van der Waals surface area contributed by atoms with E-state index >= 15 is 0 Å². The number of rotatable bonds is 9. The van der Waals surface area contributed by atoms with Crippen molar-refractivity contribution in [3.05, 3.63) is 35.4 Å². The fourth-order valence-corrected chi connectivity index (χ4v) is 1.80. The molecule has 0 unspecified atom stereocenters. The van der Waals surface area contributed by atoms with Gasteiger partial charge in [-0.15, -0.1) is 0 Å². The van der Waals surface area contributed by atoms with Crippen LogP contribution in [0.4, 0.5) is 0 Å². The van der Waals surface area contributed by atoms with Crippen molar-refractivity contribution >= 4 is 0 Å². The fourth-order valence-electron chi connectivity index (χ4n) is 1.80. The van der Waals surface area contributed by atoms with E-state index in [1.165, 1.54) is 30.4 Å². The summed E-state index contributed by atoms with van der Waals surface area (Å²) in [5.74, 6) is 0. The van der Waals surface area contributed by atoms with Gasteiger partial charge in [-0.05, 0) is 17.5 Å². The molecule has 1 rings (SSSR count). The second-order valence-corrected chi connectivity index (χ2v) is 5.12. The summed E-state index contributed by atoms with van der Waals surface area (Å²) in [6.45, 7) is 9.09. The van der Waals surface area contributed by atoms with Crippen LogP contribution in [0.3, 0.4) is 0 Å². The van der Waals surface area contributed by atoms with Crippen molar-refractivity contribution in [2.45, 2.75) is 59.2 Å². The van der Waals surface area contributed by atoms with Crippen molar-refractivity contribution in [1.82, 2.24) is 5.32 Å². The predicted molar refractivity (Wildman–Crippen MR) is 77.6 cm³/mol. The van der Waals surface area contributed by atoms with Crippen LogP contribution in [0, 0.1) is 0 Å². The number of unbranched alkanes of at least 4 members (excludes halogenated alkanes) is 2. The van der Waals surface area contributed by atoms with E-state index in [1.54, 1.807) is 0 Å². The van der Waals surface area contributed by atoms with Gasteiger partial charge in [0.1, 0.15) is 0 Å². The van der Waals surface area contributed by atoms with E-state index in [4.69, 9.17) is 4.74 Å². The van der Waals surface area contributed by atoms with Crippen LogP contribution in [0.5, 0.6) is 0 Å². The standard InChI is InChI=1S/C16H27NO/c1-4-5-6-10-18-13-16-9-7-8-15(11-16)12-17-14(2)3/h7-9,11,14,17H,4-6,10,12-13H2,1-3H3. The number of benzene rings is 1. The average molecular weight is 249 g/mol. The molecule has 1 N–H and O–H groups in total. The minimum Gasteiger partial charge on any atom is -0.377 e. The van der Waals surface area contributed by atoms with Gasteiger partial charge in [0.25, 0.3) is 0 Å². The number of nitrogens with one attached hydrogen (secondary N) is 1. The molecule has 2 nitrogen and oxygen atoms in total. The molecule has 0 bridgehead atoms. The van der Waals surface area contributed by atoms with E-state index in [9.17, 15) is 0 Å². The smallest absolute Gasteiger partial charge is 0.0716 e. The van der Waals surface area contributed by atoms with Gasteiger partial charge in [0.05, 0.1) is 6.61 Å². The Morgan fingerprint density at radius 1 is 1.17 bits per heavy atom. The third-order valence-electron chi connectivity index (χ3n) is 2.87. The summed E-state index contributed by atoms with van der Waals surface area (Å²) in [6, 6.07) is 9.17. The molecule has 0 heterocycles. The maximum atomic E-state index is 5.68. The molecule has 0 saturated carbocycles. The Morgan fingerprint density at radius 3 is 2.67 bits per heavy atom. The molecule has 0 radical (unpaired) electrons. The summed E-state index contributed by atoms with van der Waals surface area (Å²) in [5, 5.41) is 3.43. The minimum atomic E-state index is 0.527. The summed E-state index contributed by atoms with van der Waals surface area (Å²) in [5.41, 5.74) is 2.60. The zero-order valence-electron chi connectivity index (χ0n) is 12.0. The Kier molecular flexibility index (Phi) is 7.70. The quantitative estimate of drug-likeness (QED) is 0.670. The van der Waals surface area contributed by atoms with Crippen molar-refractivity contribution in [1.29, 1.82) is 0 Å². The molecule has 1 aromatic rings. The van der Waals surface area contributed by atoms with E-state index < -0.39 is 0 Å². The lowest BCUT2D eigenvalue weighted by molar-refractivity contribution is 0.117. The van der Waals surface area contributed by atoms with E-state index in [0.29, 0.717) is 6.04 Å². The summed E-state index contributed by atoms with van der Waals surface area (Å²) in [7, 11) is 0. The Hall–Kier alpha value is -0.860. The molecule has 0 atom stereocenters. The highest BCUT2D eigenvalue weighted by Crippen LogP contribution is 2.07. The molecule has 0 fully saturated rings. The maximum absolute atomic E-state index is 5.68. The van der Waals surface area contributed by atoms with Crippen LogP contribution < -0.4 is 5.32 Å². The maximum Gasteiger partial charge on any atom is 0.0716 e. The van der Waals surface area contributed by atoms with E-state index in [1.807, 2.05) is 0 Å². The first-order chi connectivity index (χ1) is 8.72. The summed E-state index contributed by atoms with van der Waals surface area (Å²) >= 11 is 0. The third-order valence-corrected chi connectivity index (χ3v) is 2.87. The first-order valence-electron chi connectivity index (χ1n) is 7.11. The van der Waals surface area contributed by atoms with E-state index in [0.717, 1.165) is 19.8 Å². The molecule has 102 valence electrons. The first-order valence-corrected chi connectivity index (χ1v) is 7.11. The molecular weight excluding hydrogens is 222 g/mol. The first kappa shape index (κ1) is 15.2. The van der Waals surface area contributed by atoms with Crippen molar-refractivity contribution in [2.75, 3.05) is 6.61 Å². The topological polar surface area (TPSA) is 21.3 Å². The minimum absolute atomic E-state index is 0.527. The second-order valence-electron chi connectivity index (χ2n) is 5.12. The van der Waals surface area contributed by atoms with Gasteiger partial charge in [-0.2, -0.15) is 0 Å². The molecule has 0 aliphatic heterocycles. The zero-order valence-corrected chi connectivity index (χ0v) is 12.0. The zero-order chi connectivity index (χ0) is 13.2. The summed E-state index contributed by atoms with van der Waals surface area (Å²) < 4.78 is 5.68. The van der Waals surface area contributed by atoms with Gasteiger partial charge in [0.2, 0.25) is 0 Å². The molecule has 0 aliphatic rings. The van der Waals surface area contributed by atoms with Gasteiger partial charge in [0.15, 0.2) is 0 Å². The Morgan fingerprint density at radius 2 is 1.94 bits per heavy atom. The Labute approximate surface area is 112 Å². The van der Waals surface area contributed by atoms with Crippen LogP contribution in [0.25, 0.3) is 0 Å². The lowest BCUT2D eigenvalue weighted by Crippen LogP contribution is -2.21. The van der Waals surface area contributed by atoms with Crippen molar-refractivity contribution in [3.8, 4) is 0 Å². The van der Waals surface area contributed by atoms with Crippen LogP contribution in [-0.2, 0) is 17.9 Å². The average Bonchev–Trinajstić information content (AvgIpc) is 2.37. The monoisotopic (exact) mass is 249 g/mol. The van der Waals surface area contributed by atoms with Gasteiger partial charge < -0.3 is 10.1 Å². The van der Waals surface area contributed by atoms with E-state index in [-0.39, 0.29) is 0 Å². The fraction of sp³-hybridized carbons (Fsp3) is 0.625. The van der Waals surface area contributed by atoms with Gasteiger partial charge in [-0.25, -0.2) is 0 Å². The number of hydrogen-bond acceptors (Lipinski definition) is 2. The molecule has 18 heavy (non-hydrogen) atoms. The predicted octanol–water partition coefficient (Wildman–Crippen LogP) is 3.89. The van der Waals surface area contributed by atoms with Crippen molar-refractivity contribution in [2.24, 2.45) is 0 Å². The van der Waals surface area contributed by atoms with Crippen LogP contribution in [0.2, 0.25) is 0 Å². The molecule has 0 spiro atoms. The van der Waals surface area contributed by atoms with Crippen molar-refractivity contribution in [3.63, 3.8) is 0 Å². The van der Waals surface area contributed by atoms with Crippen LogP contribution >= 0.6 is 0 Å². The van der Waals surface area contributed by atoms with Gasteiger partial charge >= 0.3 is 0 Å². The number of hydrogen-bond donors (Lipinski definition) is 1. The largest absolute Gasteiger partial charge is 0.377 e. The highest BCUT2D eigenvalue weighted by Gasteiger charge is 1.98. The highest BCUT2D eigenvalue weighted by atomic mass is 16.5. The second kappa shape index (κ2) is 9.12. The van der Waals surface area contributed by atoms with Crippen LogP contribution in [0.1, 0.15) is 51.2 Å². The van der Waals surface area contributed by atoms with Crippen LogP contribution in [-0.4, -0.2) is 12.6 Å². The summed E-state index contributed by atoms with van der Waals surface area (Å²) in [4.78, 5) is 0. The Balaban J connectivity index is 2.30. The normalized spacial score (nSPS) is 11.1. The lowest BCUT2D eigenvalue weighted by atomic mass is 10.1. The van der Waals surface area contributed by atoms with Gasteiger partial charge in [0, 0.05) is 19.2 Å². The third kappa shape index (κ3) is 6.77. The molecule has 0 amide bonds. The van der Waals surface area contributed by atoms with Crippen LogP contribution in [0.15, 0.2) is 24.3 Å². The molecular formula is C16H27NO. The van der Waals surface area contributed by atoms with E-state index in [2.05, 4.69) is 50.4 Å². The summed E-state index contributed by atoms with van der Waals surface area (Å²) in [6.07, 6.45) is 3.68. The molecule has 0 aromatic heterocycles. The highest BCUT2D eigenvalue weighted by molar-refractivity contribution is 5.22. The van der Waals surface area contributed by atoms with Gasteiger partial charge in [-0.3, -0.25) is 0 Å². The molecule has 1 aromatic carbocycles. The molecule has 2 heteroatoms. The molecule has 0 aliphatic carbocycles. The number of ether oxygens (including phenoxy) is 1. The SMILES string of the molecule is CCCCCOCc1cccc(CNC(C)C)c1.